The van der Waals surface area contributed by atoms with Gasteiger partial charge >= 0.3 is 0 Å². The van der Waals surface area contributed by atoms with Crippen LogP contribution < -0.4 is 10.6 Å². The molecular weight excluding hydrogens is 485 g/mol. The zero-order valence-corrected chi connectivity index (χ0v) is 20.7. The number of hydrogen-bond donors (Lipinski definition) is 2. The fourth-order valence-corrected chi connectivity index (χ4v) is 3.23. The summed E-state index contributed by atoms with van der Waals surface area (Å²) in [6.45, 7) is 12.2. The van der Waals surface area contributed by atoms with Crippen LogP contribution >= 0.6 is 24.0 Å². The molecular formula is C20H38IN5O3. The van der Waals surface area contributed by atoms with Crippen LogP contribution in [0.2, 0.25) is 0 Å². The molecule has 0 amide bonds. The normalized spacial score (nSPS) is 16.7. The minimum atomic E-state index is 0. The third kappa shape index (κ3) is 9.18. The van der Waals surface area contributed by atoms with Crippen molar-refractivity contribution in [1.29, 1.82) is 0 Å². The van der Waals surface area contributed by atoms with Crippen LogP contribution in [0, 0.1) is 13.8 Å². The molecule has 1 atom stereocenters. The molecule has 8 nitrogen and oxygen atoms in total. The maximum Gasteiger partial charge on any atom is 0.191 e. The Labute approximate surface area is 192 Å². The van der Waals surface area contributed by atoms with Crippen molar-refractivity contribution in [1.82, 2.24) is 20.4 Å². The average molecular weight is 523 g/mol. The molecule has 2 rings (SSSR count). The number of ether oxygens (including phenoxy) is 3. The smallest absolute Gasteiger partial charge is 0.191 e. The van der Waals surface area contributed by atoms with Gasteiger partial charge in [-0.15, -0.1) is 24.0 Å². The van der Waals surface area contributed by atoms with Crippen molar-refractivity contribution in [3.63, 3.8) is 0 Å². The van der Waals surface area contributed by atoms with Gasteiger partial charge in [-0.05, 0) is 40.0 Å². The van der Waals surface area contributed by atoms with Gasteiger partial charge in [0.15, 0.2) is 5.96 Å². The molecule has 1 aromatic rings. The fourth-order valence-electron chi connectivity index (χ4n) is 3.23. The number of nitrogens with one attached hydrogen (secondary N) is 2. The molecule has 0 bridgehead atoms. The van der Waals surface area contributed by atoms with Gasteiger partial charge in [-0.2, -0.15) is 5.10 Å². The number of guanidine groups is 1. The Hall–Kier alpha value is -0.910. The number of aryl methyl sites for hydroxylation is 1. The number of aliphatic imine (C=N–C) groups is 1. The summed E-state index contributed by atoms with van der Waals surface area (Å²) in [7, 11) is 1.71. The first-order chi connectivity index (χ1) is 13.7. The number of halogens is 1. The molecule has 1 aromatic heterocycles. The van der Waals surface area contributed by atoms with E-state index >= 15 is 0 Å². The molecule has 1 aliphatic rings. The Morgan fingerprint density at radius 1 is 1.31 bits per heavy atom. The Morgan fingerprint density at radius 3 is 2.83 bits per heavy atom. The summed E-state index contributed by atoms with van der Waals surface area (Å²) in [6.07, 6.45) is 3.51. The van der Waals surface area contributed by atoms with Crippen LogP contribution in [0.1, 0.15) is 43.1 Å². The van der Waals surface area contributed by atoms with Gasteiger partial charge < -0.3 is 24.8 Å². The van der Waals surface area contributed by atoms with Crippen LogP contribution in [0.25, 0.3) is 0 Å². The second-order valence-electron chi connectivity index (χ2n) is 7.05. The highest BCUT2D eigenvalue weighted by Crippen LogP contribution is 2.14. The molecule has 0 aliphatic carbocycles. The van der Waals surface area contributed by atoms with Crippen LogP contribution in [0.15, 0.2) is 4.99 Å². The average Bonchev–Trinajstić information content (AvgIpc) is 3.29. The third-order valence-electron chi connectivity index (χ3n) is 4.86. The van der Waals surface area contributed by atoms with Crippen molar-refractivity contribution in [2.75, 3.05) is 46.6 Å². The van der Waals surface area contributed by atoms with E-state index in [1.807, 2.05) is 11.6 Å². The highest BCUT2D eigenvalue weighted by atomic mass is 127. The highest BCUT2D eigenvalue weighted by molar-refractivity contribution is 14.0. The second-order valence-corrected chi connectivity index (χ2v) is 7.05. The van der Waals surface area contributed by atoms with E-state index in [0.29, 0.717) is 25.9 Å². The summed E-state index contributed by atoms with van der Waals surface area (Å²) in [5.74, 6) is 0.824. The van der Waals surface area contributed by atoms with E-state index in [1.165, 1.54) is 5.56 Å². The third-order valence-corrected chi connectivity index (χ3v) is 4.86. The van der Waals surface area contributed by atoms with Crippen molar-refractivity contribution in [2.24, 2.45) is 4.99 Å². The van der Waals surface area contributed by atoms with Crippen molar-refractivity contribution < 1.29 is 14.2 Å². The first-order valence-corrected chi connectivity index (χ1v) is 10.4. The molecule has 2 N–H and O–H groups in total. The molecule has 1 unspecified atom stereocenters. The van der Waals surface area contributed by atoms with Crippen molar-refractivity contribution in [2.45, 2.75) is 59.2 Å². The summed E-state index contributed by atoms with van der Waals surface area (Å²) in [4.78, 5) is 4.73. The van der Waals surface area contributed by atoms with Gasteiger partial charge in [0, 0.05) is 44.7 Å². The molecule has 9 heteroatoms. The van der Waals surface area contributed by atoms with Crippen molar-refractivity contribution >= 4 is 29.9 Å². The summed E-state index contributed by atoms with van der Waals surface area (Å²) in [5.41, 5.74) is 3.35. The highest BCUT2D eigenvalue weighted by Gasteiger charge is 2.15. The molecule has 1 aliphatic heterocycles. The predicted octanol–water partition coefficient (Wildman–Crippen LogP) is 2.41. The molecule has 0 aromatic carbocycles. The SMILES string of the molecule is CCNC(=NCc1c(C)nn(CCOC)c1C)NCCCOCC1CCCO1.I. The summed E-state index contributed by atoms with van der Waals surface area (Å²) in [6, 6.07) is 0. The lowest BCUT2D eigenvalue weighted by atomic mass is 10.2. The zero-order valence-electron chi connectivity index (χ0n) is 18.3. The van der Waals surface area contributed by atoms with Gasteiger partial charge in [0.2, 0.25) is 0 Å². The van der Waals surface area contributed by atoms with Crippen LogP contribution in [0.5, 0.6) is 0 Å². The first-order valence-electron chi connectivity index (χ1n) is 10.4. The van der Waals surface area contributed by atoms with Crippen LogP contribution in [-0.2, 0) is 27.3 Å². The van der Waals surface area contributed by atoms with Gasteiger partial charge in [0.1, 0.15) is 0 Å². The number of nitrogens with zero attached hydrogens (tertiary/aromatic N) is 3. The minimum absolute atomic E-state index is 0. The van der Waals surface area contributed by atoms with Gasteiger partial charge in [-0.3, -0.25) is 4.68 Å². The monoisotopic (exact) mass is 523 g/mol. The van der Waals surface area contributed by atoms with Gasteiger partial charge in [-0.25, -0.2) is 4.99 Å². The van der Waals surface area contributed by atoms with Gasteiger partial charge in [0.25, 0.3) is 0 Å². The quantitative estimate of drug-likeness (QED) is 0.190. The lowest BCUT2D eigenvalue weighted by Crippen LogP contribution is -2.38. The molecule has 1 fully saturated rings. The molecule has 2 heterocycles. The standard InChI is InChI=1S/C20H37N5O3.HI/c1-5-21-20(22-9-7-11-27-15-18-8-6-12-28-18)23-14-19-16(2)24-25(17(19)3)10-13-26-4;/h18H,5-15H2,1-4H3,(H2,21,22,23);1H. The van der Waals surface area contributed by atoms with E-state index in [2.05, 4.69) is 29.6 Å². The molecule has 168 valence electrons. The van der Waals surface area contributed by atoms with Crippen LogP contribution in [0.4, 0.5) is 0 Å². The number of hydrogen-bond acceptors (Lipinski definition) is 5. The molecule has 0 spiro atoms. The van der Waals surface area contributed by atoms with Crippen molar-refractivity contribution in [3.8, 4) is 0 Å². The van der Waals surface area contributed by atoms with Crippen LogP contribution in [-0.4, -0.2) is 68.5 Å². The molecule has 29 heavy (non-hydrogen) atoms. The predicted molar refractivity (Wildman–Crippen MR) is 126 cm³/mol. The van der Waals surface area contributed by atoms with Gasteiger partial charge in [0.05, 0.1) is 38.1 Å². The maximum atomic E-state index is 5.71. The van der Waals surface area contributed by atoms with E-state index in [-0.39, 0.29) is 24.0 Å². The number of aromatic nitrogens is 2. The van der Waals surface area contributed by atoms with Gasteiger partial charge in [-0.1, -0.05) is 0 Å². The fraction of sp³-hybridized carbons (Fsp3) is 0.800. The Bertz CT molecular complexity index is 603. The summed E-state index contributed by atoms with van der Waals surface area (Å²) < 4.78 is 18.4. The maximum absolute atomic E-state index is 5.71. The second kappa shape index (κ2) is 15.0. The van der Waals surface area contributed by atoms with Crippen molar-refractivity contribution in [3.05, 3.63) is 17.0 Å². The molecule has 0 saturated carbocycles. The lowest BCUT2D eigenvalue weighted by Gasteiger charge is -2.13. The van der Waals surface area contributed by atoms with Crippen LogP contribution in [0.3, 0.4) is 0 Å². The van der Waals surface area contributed by atoms with E-state index in [9.17, 15) is 0 Å². The van der Waals surface area contributed by atoms with E-state index in [1.54, 1.807) is 7.11 Å². The van der Waals surface area contributed by atoms with E-state index in [4.69, 9.17) is 19.2 Å². The lowest BCUT2D eigenvalue weighted by molar-refractivity contribution is 0.0168. The zero-order chi connectivity index (χ0) is 20.2. The summed E-state index contributed by atoms with van der Waals surface area (Å²) >= 11 is 0. The first kappa shape index (κ1) is 26.1. The molecule has 1 saturated heterocycles. The van der Waals surface area contributed by atoms with E-state index < -0.39 is 0 Å². The van der Waals surface area contributed by atoms with E-state index in [0.717, 1.165) is 69.5 Å². The number of methoxy groups -OCH3 is 1. The Kier molecular flexibility index (Phi) is 13.5. The Morgan fingerprint density at radius 2 is 2.14 bits per heavy atom. The topological polar surface area (TPSA) is 81.9 Å². The molecule has 0 radical (unpaired) electrons. The number of rotatable bonds is 12. The summed E-state index contributed by atoms with van der Waals surface area (Å²) in [5, 5.41) is 11.3. The Balaban J connectivity index is 0.00000420. The largest absolute Gasteiger partial charge is 0.383 e. The minimum Gasteiger partial charge on any atom is -0.383 e.